The highest BCUT2D eigenvalue weighted by Crippen LogP contribution is 2.26. The molecule has 0 radical (unpaired) electrons. The van der Waals surface area contributed by atoms with Gasteiger partial charge in [-0.05, 0) is 81.3 Å². The number of hydrogen-bond acceptors (Lipinski definition) is 4. The second-order valence-electron chi connectivity index (χ2n) is 7.55. The fourth-order valence-corrected chi connectivity index (χ4v) is 3.68. The minimum absolute atomic E-state index is 0.0324. The van der Waals surface area contributed by atoms with Crippen molar-refractivity contribution in [3.8, 4) is 17.5 Å². The summed E-state index contributed by atoms with van der Waals surface area (Å²) in [7, 11) is 0. The highest BCUT2D eigenvalue weighted by atomic mass is 16.5. The molecule has 0 fully saturated rings. The molecule has 0 spiro atoms. The first kappa shape index (κ1) is 23.4. The third-order valence-electron chi connectivity index (χ3n) is 5.22. The van der Waals surface area contributed by atoms with Crippen LogP contribution in [0.15, 0.2) is 54.1 Å². The fraction of sp³-hybridized carbons (Fsp3) is 0.192. The maximum atomic E-state index is 12.7. The molecule has 0 unspecified atom stereocenters. The Morgan fingerprint density at radius 2 is 1.91 bits per heavy atom. The number of carboxylic acid groups (broad SMARTS) is 1. The summed E-state index contributed by atoms with van der Waals surface area (Å²) in [5, 5.41) is 21.6. The molecule has 7 nitrogen and oxygen atoms in total. The number of carboxylic acids is 1. The molecule has 33 heavy (non-hydrogen) atoms. The Bertz CT molecular complexity index is 1300. The predicted molar refractivity (Wildman–Crippen MR) is 127 cm³/mol. The number of aryl methyl sites for hydroxylation is 2. The number of nitrogens with zero attached hydrogens (tertiary/aromatic N) is 2. The van der Waals surface area contributed by atoms with E-state index in [-0.39, 0.29) is 11.1 Å². The van der Waals surface area contributed by atoms with Gasteiger partial charge >= 0.3 is 5.97 Å². The van der Waals surface area contributed by atoms with Crippen LogP contribution in [-0.4, -0.2) is 28.2 Å². The number of aromatic nitrogens is 1. The lowest BCUT2D eigenvalue weighted by Gasteiger charge is -2.13. The van der Waals surface area contributed by atoms with Gasteiger partial charge in [-0.1, -0.05) is 6.07 Å². The number of nitriles is 1. The molecular formula is C26H25N3O4. The smallest absolute Gasteiger partial charge is 0.335 e. The molecule has 2 aromatic carbocycles. The van der Waals surface area contributed by atoms with E-state index in [0.717, 1.165) is 28.2 Å². The van der Waals surface area contributed by atoms with Crippen LogP contribution >= 0.6 is 0 Å². The van der Waals surface area contributed by atoms with Gasteiger partial charge < -0.3 is 19.7 Å². The Morgan fingerprint density at radius 3 is 2.55 bits per heavy atom. The van der Waals surface area contributed by atoms with Gasteiger partial charge in [-0.2, -0.15) is 5.26 Å². The number of nitrogens with one attached hydrogen (secondary N) is 1. The molecule has 168 valence electrons. The van der Waals surface area contributed by atoms with Crippen LogP contribution in [0, 0.1) is 32.1 Å². The van der Waals surface area contributed by atoms with Gasteiger partial charge in [-0.15, -0.1) is 0 Å². The Balaban J connectivity index is 1.92. The highest BCUT2D eigenvalue weighted by molar-refractivity contribution is 6.09. The average Bonchev–Trinajstić information content (AvgIpc) is 3.05. The number of carbonyl (C=O) groups excluding carboxylic acids is 1. The van der Waals surface area contributed by atoms with Crippen LogP contribution < -0.4 is 10.1 Å². The minimum Gasteiger partial charge on any atom is -0.494 e. The van der Waals surface area contributed by atoms with E-state index >= 15 is 0 Å². The number of amides is 1. The first-order valence-electron chi connectivity index (χ1n) is 10.4. The van der Waals surface area contributed by atoms with Crippen molar-refractivity contribution in [2.45, 2.75) is 27.7 Å². The summed E-state index contributed by atoms with van der Waals surface area (Å²) in [5.41, 5.74) is 4.82. The van der Waals surface area contributed by atoms with Gasteiger partial charge in [-0.25, -0.2) is 4.79 Å². The van der Waals surface area contributed by atoms with Gasteiger partial charge in [-0.3, -0.25) is 4.79 Å². The molecule has 1 aromatic heterocycles. The Labute approximate surface area is 192 Å². The number of hydrogen-bond donors (Lipinski definition) is 2. The van der Waals surface area contributed by atoms with Gasteiger partial charge in [0, 0.05) is 28.8 Å². The van der Waals surface area contributed by atoms with E-state index in [1.54, 1.807) is 48.5 Å². The normalized spacial score (nSPS) is 11.1. The van der Waals surface area contributed by atoms with E-state index in [1.807, 2.05) is 44.4 Å². The molecular weight excluding hydrogens is 418 g/mol. The standard InChI is InChI=1S/C26H25N3O4/c1-5-33-23-8-6-7-22(14-23)28-25(30)21(15-27)13-20-12-17(3)29(18(20)4)24-10-9-19(26(31)32)11-16(24)2/h6-14H,5H2,1-4H3,(H,28,30)(H,31,32)/b21-13+. The van der Waals surface area contributed by atoms with Crippen LogP contribution in [0.1, 0.15) is 39.8 Å². The molecule has 0 aliphatic heterocycles. The zero-order chi connectivity index (χ0) is 24.1. The summed E-state index contributed by atoms with van der Waals surface area (Å²) >= 11 is 0. The monoisotopic (exact) mass is 443 g/mol. The topological polar surface area (TPSA) is 104 Å². The van der Waals surface area contributed by atoms with Crippen LogP contribution in [0.5, 0.6) is 5.75 Å². The van der Waals surface area contributed by atoms with Crippen LogP contribution in [0.3, 0.4) is 0 Å². The second kappa shape index (κ2) is 9.88. The summed E-state index contributed by atoms with van der Waals surface area (Å²) in [6.45, 7) is 8.04. The lowest BCUT2D eigenvalue weighted by molar-refractivity contribution is -0.112. The van der Waals surface area contributed by atoms with Crippen molar-refractivity contribution in [2.75, 3.05) is 11.9 Å². The summed E-state index contributed by atoms with van der Waals surface area (Å²) < 4.78 is 7.43. The number of anilines is 1. The number of ether oxygens (including phenoxy) is 1. The summed E-state index contributed by atoms with van der Waals surface area (Å²) in [4.78, 5) is 24.0. The van der Waals surface area contributed by atoms with Crippen molar-refractivity contribution in [3.63, 3.8) is 0 Å². The molecule has 0 aliphatic carbocycles. The SMILES string of the molecule is CCOc1cccc(NC(=O)/C(C#N)=C/c2cc(C)n(-c3ccc(C(=O)O)cc3C)c2C)c1. The number of aromatic carboxylic acids is 1. The molecule has 0 bridgehead atoms. The number of rotatable bonds is 7. The van der Waals surface area contributed by atoms with Crippen molar-refractivity contribution >= 4 is 23.6 Å². The van der Waals surface area contributed by atoms with E-state index < -0.39 is 11.9 Å². The molecule has 3 aromatic rings. The molecule has 7 heteroatoms. The van der Waals surface area contributed by atoms with Crippen molar-refractivity contribution < 1.29 is 19.4 Å². The zero-order valence-electron chi connectivity index (χ0n) is 19.0. The molecule has 0 atom stereocenters. The third-order valence-corrected chi connectivity index (χ3v) is 5.22. The number of carbonyl (C=O) groups is 2. The van der Waals surface area contributed by atoms with Crippen molar-refractivity contribution in [1.29, 1.82) is 5.26 Å². The molecule has 0 saturated carbocycles. The van der Waals surface area contributed by atoms with Crippen molar-refractivity contribution in [1.82, 2.24) is 4.57 Å². The Hall–Kier alpha value is -4.31. The molecule has 3 rings (SSSR count). The average molecular weight is 444 g/mol. The maximum absolute atomic E-state index is 12.7. The Kier molecular flexibility index (Phi) is 6.99. The van der Waals surface area contributed by atoms with Gasteiger partial charge in [0.05, 0.1) is 12.2 Å². The summed E-state index contributed by atoms with van der Waals surface area (Å²) in [5.74, 6) is -0.866. The largest absolute Gasteiger partial charge is 0.494 e. The Morgan fingerprint density at radius 1 is 1.15 bits per heavy atom. The van der Waals surface area contributed by atoms with E-state index in [0.29, 0.717) is 18.0 Å². The quantitative estimate of drug-likeness (QED) is 0.393. The molecule has 0 saturated heterocycles. The minimum atomic E-state index is -0.981. The van der Waals surface area contributed by atoms with Crippen molar-refractivity contribution in [2.24, 2.45) is 0 Å². The van der Waals surface area contributed by atoms with Crippen LogP contribution in [0.25, 0.3) is 11.8 Å². The molecule has 2 N–H and O–H groups in total. The maximum Gasteiger partial charge on any atom is 0.335 e. The van der Waals surface area contributed by atoms with Gasteiger partial charge in [0.25, 0.3) is 5.91 Å². The molecule has 0 aliphatic rings. The number of benzene rings is 2. The first-order valence-corrected chi connectivity index (χ1v) is 10.4. The van der Waals surface area contributed by atoms with Gasteiger partial charge in [0.2, 0.25) is 0 Å². The summed E-state index contributed by atoms with van der Waals surface area (Å²) in [6, 6.07) is 15.8. The summed E-state index contributed by atoms with van der Waals surface area (Å²) in [6.07, 6.45) is 1.56. The predicted octanol–water partition coefficient (Wildman–Crippen LogP) is 5.05. The fourth-order valence-electron chi connectivity index (χ4n) is 3.68. The van der Waals surface area contributed by atoms with Crippen LogP contribution in [0.4, 0.5) is 5.69 Å². The van der Waals surface area contributed by atoms with Gasteiger partial charge in [0.15, 0.2) is 0 Å². The lowest BCUT2D eigenvalue weighted by atomic mass is 10.1. The highest BCUT2D eigenvalue weighted by Gasteiger charge is 2.16. The van der Waals surface area contributed by atoms with Crippen molar-refractivity contribution in [3.05, 3.63) is 82.2 Å². The van der Waals surface area contributed by atoms with Crippen LogP contribution in [0.2, 0.25) is 0 Å². The zero-order valence-corrected chi connectivity index (χ0v) is 19.0. The molecule has 1 heterocycles. The lowest BCUT2D eigenvalue weighted by Crippen LogP contribution is -2.13. The van der Waals surface area contributed by atoms with Crippen LogP contribution in [-0.2, 0) is 4.79 Å². The third kappa shape index (κ3) is 5.13. The van der Waals surface area contributed by atoms with E-state index in [2.05, 4.69) is 5.32 Å². The van der Waals surface area contributed by atoms with E-state index in [1.165, 1.54) is 0 Å². The second-order valence-corrected chi connectivity index (χ2v) is 7.55. The van der Waals surface area contributed by atoms with E-state index in [9.17, 15) is 20.0 Å². The first-order chi connectivity index (χ1) is 15.7. The van der Waals surface area contributed by atoms with E-state index in [4.69, 9.17) is 4.74 Å². The van der Waals surface area contributed by atoms with Gasteiger partial charge in [0.1, 0.15) is 17.4 Å². The molecule has 1 amide bonds.